The van der Waals surface area contributed by atoms with E-state index in [1.54, 1.807) is 19.2 Å². The third kappa shape index (κ3) is 5.79. The lowest BCUT2D eigenvalue weighted by Crippen LogP contribution is -2.13. The molecule has 0 fully saturated rings. The Labute approximate surface area is 177 Å². The van der Waals surface area contributed by atoms with E-state index in [1.165, 1.54) is 17.7 Å². The first-order valence-electron chi connectivity index (χ1n) is 9.04. The number of rotatable bonds is 9. The van der Waals surface area contributed by atoms with E-state index < -0.39 is 4.92 Å². The van der Waals surface area contributed by atoms with Crippen molar-refractivity contribution in [2.45, 2.75) is 19.7 Å². The van der Waals surface area contributed by atoms with Crippen molar-refractivity contribution in [3.05, 3.63) is 98.0 Å². The summed E-state index contributed by atoms with van der Waals surface area (Å²) in [6.45, 7) is 1.73. The van der Waals surface area contributed by atoms with Crippen LogP contribution in [0.2, 0.25) is 0 Å². The molecule has 0 aliphatic carbocycles. The van der Waals surface area contributed by atoms with Gasteiger partial charge in [0.2, 0.25) is 0 Å². The predicted molar refractivity (Wildman–Crippen MR) is 115 cm³/mol. The van der Waals surface area contributed by atoms with Crippen LogP contribution in [-0.2, 0) is 19.7 Å². The minimum Gasteiger partial charge on any atom is -0.493 e. The molecular formula is C22H21BrN2O4. The molecule has 6 nitrogen and oxygen atoms in total. The zero-order valence-corrected chi connectivity index (χ0v) is 17.5. The van der Waals surface area contributed by atoms with Gasteiger partial charge in [0, 0.05) is 29.7 Å². The van der Waals surface area contributed by atoms with Crippen LogP contribution in [0.15, 0.2) is 71.2 Å². The smallest absolute Gasteiger partial charge is 0.269 e. The van der Waals surface area contributed by atoms with E-state index in [0.29, 0.717) is 18.0 Å². The summed E-state index contributed by atoms with van der Waals surface area (Å²) in [5.74, 6) is 1.23. The lowest BCUT2D eigenvalue weighted by atomic mass is 10.1. The van der Waals surface area contributed by atoms with Gasteiger partial charge in [-0.05, 0) is 41.0 Å². The Bertz CT molecular complexity index is 963. The number of nitrogens with zero attached hydrogens (tertiary/aromatic N) is 1. The van der Waals surface area contributed by atoms with Crippen LogP contribution in [0, 0.1) is 10.1 Å². The molecule has 0 heterocycles. The summed E-state index contributed by atoms with van der Waals surface area (Å²) in [6, 6.07) is 20.3. The number of nitro groups is 1. The highest BCUT2D eigenvalue weighted by molar-refractivity contribution is 9.10. The molecule has 150 valence electrons. The maximum atomic E-state index is 10.7. The normalized spacial score (nSPS) is 10.6. The van der Waals surface area contributed by atoms with Crippen molar-refractivity contribution in [1.29, 1.82) is 0 Å². The molecule has 0 radical (unpaired) electrons. The first kappa shape index (κ1) is 20.8. The van der Waals surface area contributed by atoms with Gasteiger partial charge in [-0.15, -0.1) is 0 Å². The van der Waals surface area contributed by atoms with Crippen molar-refractivity contribution >= 4 is 21.6 Å². The molecule has 3 rings (SSSR count). The Morgan fingerprint density at radius 3 is 2.34 bits per heavy atom. The monoisotopic (exact) mass is 456 g/mol. The fraction of sp³-hybridized carbons (Fsp3) is 0.182. The van der Waals surface area contributed by atoms with E-state index >= 15 is 0 Å². The summed E-state index contributed by atoms with van der Waals surface area (Å²) >= 11 is 3.60. The Hall–Kier alpha value is -2.90. The standard InChI is InChI=1S/C22H21BrN2O4/c1-28-21-11-18(14-24-13-16-5-3-2-4-6-16)20(23)12-22(21)29-15-17-7-9-19(10-8-17)25(26)27/h2-12,24H,13-15H2,1H3. The molecule has 29 heavy (non-hydrogen) atoms. The average molecular weight is 457 g/mol. The first-order chi connectivity index (χ1) is 14.1. The Morgan fingerprint density at radius 1 is 0.966 bits per heavy atom. The van der Waals surface area contributed by atoms with Gasteiger partial charge in [0.05, 0.1) is 12.0 Å². The molecule has 0 amide bonds. The molecule has 0 spiro atoms. The van der Waals surface area contributed by atoms with E-state index in [9.17, 15) is 10.1 Å². The lowest BCUT2D eigenvalue weighted by molar-refractivity contribution is -0.384. The van der Waals surface area contributed by atoms with Gasteiger partial charge in [-0.25, -0.2) is 0 Å². The van der Waals surface area contributed by atoms with E-state index in [4.69, 9.17) is 9.47 Å². The van der Waals surface area contributed by atoms with E-state index in [1.807, 2.05) is 30.3 Å². The van der Waals surface area contributed by atoms with Crippen LogP contribution in [0.5, 0.6) is 11.5 Å². The average Bonchev–Trinajstić information content (AvgIpc) is 2.74. The molecule has 0 bridgehead atoms. The minimum absolute atomic E-state index is 0.0569. The second-order valence-corrected chi connectivity index (χ2v) is 7.25. The molecule has 0 aromatic heterocycles. The van der Waals surface area contributed by atoms with Crippen molar-refractivity contribution in [2.75, 3.05) is 7.11 Å². The number of benzene rings is 3. The van der Waals surface area contributed by atoms with Crippen LogP contribution < -0.4 is 14.8 Å². The molecule has 0 saturated heterocycles. The molecule has 0 unspecified atom stereocenters. The molecule has 7 heteroatoms. The molecular weight excluding hydrogens is 436 g/mol. The summed E-state index contributed by atoms with van der Waals surface area (Å²) in [7, 11) is 1.60. The van der Waals surface area contributed by atoms with Crippen molar-refractivity contribution in [2.24, 2.45) is 0 Å². The second-order valence-electron chi connectivity index (χ2n) is 6.40. The van der Waals surface area contributed by atoms with Gasteiger partial charge in [0.25, 0.3) is 5.69 Å². The number of nitrogens with one attached hydrogen (secondary N) is 1. The predicted octanol–water partition coefficient (Wildman–Crippen LogP) is 5.23. The van der Waals surface area contributed by atoms with Gasteiger partial charge in [-0.1, -0.05) is 46.3 Å². The highest BCUT2D eigenvalue weighted by atomic mass is 79.9. The highest BCUT2D eigenvalue weighted by Gasteiger charge is 2.11. The second kappa shape index (κ2) is 10.0. The van der Waals surface area contributed by atoms with E-state index in [2.05, 4.69) is 33.4 Å². The van der Waals surface area contributed by atoms with Gasteiger partial charge in [0.15, 0.2) is 11.5 Å². The van der Waals surface area contributed by atoms with Crippen LogP contribution in [0.25, 0.3) is 0 Å². The number of nitro benzene ring substituents is 1. The Kier molecular flexibility index (Phi) is 7.21. The van der Waals surface area contributed by atoms with Crippen molar-refractivity contribution in [3.8, 4) is 11.5 Å². The van der Waals surface area contributed by atoms with Gasteiger partial charge < -0.3 is 14.8 Å². The number of non-ortho nitro benzene ring substituents is 1. The fourth-order valence-electron chi connectivity index (χ4n) is 2.80. The lowest BCUT2D eigenvalue weighted by Gasteiger charge is -2.14. The number of hydrogen-bond acceptors (Lipinski definition) is 5. The zero-order chi connectivity index (χ0) is 20.6. The quantitative estimate of drug-likeness (QED) is 0.352. The summed E-state index contributed by atoms with van der Waals surface area (Å²) in [4.78, 5) is 10.3. The Morgan fingerprint density at radius 2 is 1.69 bits per heavy atom. The highest BCUT2D eigenvalue weighted by Crippen LogP contribution is 2.34. The third-order valence-corrected chi connectivity index (χ3v) is 5.10. The van der Waals surface area contributed by atoms with Gasteiger partial charge in [0.1, 0.15) is 6.61 Å². The maximum absolute atomic E-state index is 10.7. The maximum Gasteiger partial charge on any atom is 0.269 e. The zero-order valence-electron chi connectivity index (χ0n) is 15.9. The minimum atomic E-state index is -0.421. The number of halogens is 1. The molecule has 1 N–H and O–H groups in total. The molecule has 3 aromatic carbocycles. The van der Waals surface area contributed by atoms with E-state index in [-0.39, 0.29) is 12.3 Å². The molecule has 3 aromatic rings. The number of hydrogen-bond donors (Lipinski definition) is 1. The summed E-state index contributed by atoms with van der Waals surface area (Å²) in [5.41, 5.74) is 3.17. The van der Waals surface area contributed by atoms with Gasteiger partial charge >= 0.3 is 0 Å². The molecule has 0 atom stereocenters. The number of methoxy groups -OCH3 is 1. The summed E-state index contributed by atoms with van der Waals surface area (Å²) < 4.78 is 12.3. The SMILES string of the molecule is COc1cc(CNCc2ccccc2)c(Br)cc1OCc1ccc([N+](=O)[O-])cc1. The third-order valence-electron chi connectivity index (χ3n) is 4.36. The van der Waals surface area contributed by atoms with Gasteiger partial charge in [-0.3, -0.25) is 10.1 Å². The molecule has 0 saturated carbocycles. The molecule has 0 aliphatic rings. The first-order valence-corrected chi connectivity index (χ1v) is 9.83. The van der Waals surface area contributed by atoms with Crippen molar-refractivity contribution in [3.63, 3.8) is 0 Å². The fourth-order valence-corrected chi connectivity index (χ4v) is 3.26. The van der Waals surface area contributed by atoms with E-state index in [0.717, 1.165) is 22.1 Å². The summed E-state index contributed by atoms with van der Waals surface area (Å²) in [6.07, 6.45) is 0. The van der Waals surface area contributed by atoms with Crippen LogP contribution in [-0.4, -0.2) is 12.0 Å². The van der Waals surface area contributed by atoms with Gasteiger partial charge in [-0.2, -0.15) is 0 Å². The van der Waals surface area contributed by atoms with Crippen LogP contribution in [0.1, 0.15) is 16.7 Å². The van der Waals surface area contributed by atoms with Crippen molar-refractivity contribution < 1.29 is 14.4 Å². The Balaban J connectivity index is 1.63. The van der Waals surface area contributed by atoms with Crippen molar-refractivity contribution in [1.82, 2.24) is 5.32 Å². The topological polar surface area (TPSA) is 73.6 Å². The number of ether oxygens (including phenoxy) is 2. The largest absolute Gasteiger partial charge is 0.493 e. The van der Waals surface area contributed by atoms with Crippen LogP contribution >= 0.6 is 15.9 Å². The molecule has 0 aliphatic heterocycles. The van der Waals surface area contributed by atoms with Crippen LogP contribution in [0.3, 0.4) is 0 Å². The summed E-state index contributed by atoms with van der Waals surface area (Å²) in [5, 5.41) is 14.2. The van der Waals surface area contributed by atoms with Crippen LogP contribution in [0.4, 0.5) is 5.69 Å².